The van der Waals surface area contributed by atoms with Gasteiger partial charge in [0, 0.05) is 25.1 Å². The van der Waals surface area contributed by atoms with Gasteiger partial charge in [-0.25, -0.2) is 0 Å². The van der Waals surface area contributed by atoms with Crippen LogP contribution in [0.25, 0.3) is 0 Å². The van der Waals surface area contributed by atoms with Crippen LogP contribution >= 0.6 is 12.4 Å². The van der Waals surface area contributed by atoms with Gasteiger partial charge in [-0.05, 0) is 43.9 Å². The Kier molecular flexibility index (Phi) is 9.40. The summed E-state index contributed by atoms with van der Waals surface area (Å²) in [6.45, 7) is 5.22. The quantitative estimate of drug-likeness (QED) is 0.668. The molecule has 3 atom stereocenters. The van der Waals surface area contributed by atoms with Gasteiger partial charge in [0.15, 0.2) is 0 Å². The number of rotatable bonds is 7. The van der Waals surface area contributed by atoms with Crippen molar-refractivity contribution in [3.05, 3.63) is 0 Å². The lowest BCUT2D eigenvalue weighted by molar-refractivity contribution is -0.125. The highest BCUT2D eigenvalue weighted by Crippen LogP contribution is 2.24. The summed E-state index contributed by atoms with van der Waals surface area (Å²) in [7, 11) is 0. The minimum absolute atomic E-state index is 0. The predicted molar refractivity (Wildman–Crippen MR) is 80.2 cm³/mol. The molecule has 0 aromatic heterocycles. The van der Waals surface area contributed by atoms with Gasteiger partial charge in [0.05, 0.1) is 0 Å². The first-order valence-corrected chi connectivity index (χ1v) is 7.17. The van der Waals surface area contributed by atoms with Crippen molar-refractivity contribution in [2.45, 2.75) is 52.0 Å². The average molecular weight is 293 g/mol. The van der Waals surface area contributed by atoms with Gasteiger partial charge in [-0.3, -0.25) is 4.79 Å². The van der Waals surface area contributed by atoms with Crippen LogP contribution in [-0.4, -0.2) is 30.2 Å². The molecule has 1 aliphatic carbocycles. The van der Waals surface area contributed by atoms with E-state index in [0.717, 1.165) is 32.1 Å². The van der Waals surface area contributed by atoms with Gasteiger partial charge in [0.25, 0.3) is 0 Å². The van der Waals surface area contributed by atoms with E-state index in [2.05, 4.69) is 19.2 Å². The molecule has 19 heavy (non-hydrogen) atoms. The molecule has 5 heteroatoms. The Labute approximate surface area is 122 Å². The second-order valence-corrected chi connectivity index (χ2v) is 6.02. The van der Waals surface area contributed by atoms with Gasteiger partial charge in [0.1, 0.15) is 0 Å². The topological polar surface area (TPSA) is 75.3 Å². The van der Waals surface area contributed by atoms with E-state index in [1.165, 1.54) is 0 Å². The molecule has 0 saturated heterocycles. The van der Waals surface area contributed by atoms with Crippen LogP contribution in [0.5, 0.6) is 0 Å². The van der Waals surface area contributed by atoms with Crippen molar-refractivity contribution in [3.8, 4) is 0 Å². The van der Waals surface area contributed by atoms with Gasteiger partial charge < -0.3 is 16.2 Å². The summed E-state index contributed by atoms with van der Waals surface area (Å²) < 4.78 is 0. The molecule has 0 aliphatic heterocycles. The zero-order chi connectivity index (χ0) is 13.5. The highest BCUT2D eigenvalue weighted by atomic mass is 35.5. The summed E-state index contributed by atoms with van der Waals surface area (Å²) in [6.07, 6.45) is 4.51. The van der Waals surface area contributed by atoms with Gasteiger partial charge in [-0.2, -0.15) is 0 Å². The second kappa shape index (κ2) is 9.56. The monoisotopic (exact) mass is 292 g/mol. The number of aliphatic hydroxyl groups is 1. The Morgan fingerprint density at radius 2 is 2.11 bits per heavy atom. The molecule has 0 aromatic rings. The molecule has 1 fully saturated rings. The number of carbonyl (C=O) groups is 1. The Morgan fingerprint density at radius 3 is 2.58 bits per heavy atom. The fourth-order valence-corrected chi connectivity index (χ4v) is 2.80. The first kappa shape index (κ1) is 18.7. The second-order valence-electron chi connectivity index (χ2n) is 6.02. The smallest absolute Gasteiger partial charge is 0.223 e. The number of amides is 1. The van der Waals surface area contributed by atoms with E-state index in [1.54, 1.807) is 0 Å². The van der Waals surface area contributed by atoms with E-state index in [9.17, 15) is 4.79 Å². The summed E-state index contributed by atoms with van der Waals surface area (Å²) in [4.78, 5) is 12.0. The average Bonchev–Trinajstić information content (AvgIpc) is 2.72. The van der Waals surface area contributed by atoms with Crippen molar-refractivity contribution < 1.29 is 9.90 Å². The van der Waals surface area contributed by atoms with Gasteiger partial charge >= 0.3 is 0 Å². The van der Waals surface area contributed by atoms with Gasteiger partial charge in [-0.1, -0.05) is 13.8 Å². The number of nitrogens with one attached hydrogen (secondary N) is 1. The van der Waals surface area contributed by atoms with E-state index < -0.39 is 0 Å². The fourth-order valence-electron chi connectivity index (χ4n) is 2.80. The molecule has 0 radical (unpaired) electrons. The molecule has 1 saturated carbocycles. The van der Waals surface area contributed by atoms with Crippen molar-refractivity contribution >= 4 is 18.3 Å². The molecular weight excluding hydrogens is 264 g/mol. The Bertz CT molecular complexity index is 262. The maximum atomic E-state index is 12.0. The summed E-state index contributed by atoms with van der Waals surface area (Å²) in [5.74, 6) is 1.23. The van der Waals surface area contributed by atoms with Crippen molar-refractivity contribution in [1.29, 1.82) is 0 Å². The van der Waals surface area contributed by atoms with Gasteiger partial charge in [-0.15, -0.1) is 12.4 Å². The number of hydrogen-bond donors (Lipinski definition) is 3. The lowest BCUT2D eigenvalue weighted by Gasteiger charge is -2.20. The fraction of sp³-hybridized carbons (Fsp3) is 0.929. The first-order chi connectivity index (χ1) is 8.52. The maximum Gasteiger partial charge on any atom is 0.223 e. The largest absolute Gasteiger partial charge is 0.396 e. The standard InChI is InChI=1S/C14H28N2O2.ClH/c1-10(2)7-11(5-6-17)9-16-14(18)12-3-4-13(15)8-12;/h10-13,17H,3-9,15H2,1-2H3,(H,16,18);1H. The van der Waals surface area contributed by atoms with Crippen molar-refractivity contribution in [1.82, 2.24) is 5.32 Å². The summed E-state index contributed by atoms with van der Waals surface area (Å²) in [5, 5.41) is 12.1. The van der Waals surface area contributed by atoms with E-state index in [0.29, 0.717) is 18.4 Å². The van der Waals surface area contributed by atoms with Crippen LogP contribution in [0.3, 0.4) is 0 Å². The van der Waals surface area contributed by atoms with Crippen LogP contribution in [0, 0.1) is 17.8 Å². The highest BCUT2D eigenvalue weighted by Gasteiger charge is 2.27. The molecule has 0 aromatic carbocycles. The summed E-state index contributed by atoms with van der Waals surface area (Å²) in [6, 6.07) is 0.199. The molecule has 0 spiro atoms. The summed E-state index contributed by atoms with van der Waals surface area (Å²) in [5.41, 5.74) is 5.82. The number of carbonyl (C=O) groups excluding carboxylic acids is 1. The molecule has 4 N–H and O–H groups in total. The molecule has 114 valence electrons. The molecule has 4 nitrogen and oxygen atoms in total. The number of halogens is 1. The molecule has 0 heterocycles. The van der Waals surface area contributed by atoms with Crippen molar-refractivity contribution in [3.63, 3.8) is 0 Å². The number of nitrogens with two attached hydrogens (primary N) is 1. The van der Waals surface area contributed by atoms with Crippen LogP contribution in [-0.2, 0) is 4.79 Å². The first-order valence-electron chi connectivity index (χ1n) is 7.17. The zero-order valence-corrected chi connectivity index (χ0v) is 12.9. The van der Waals surface area contributed by atoms with Crippen LogP contribution in [0.2, 0.25) is 0 Å². The molecule has 1 aliphatic rings. The van der Waals surface area contributed by atoms with Crippen molar-refractivity contribution in [2.24, 2.45) is 23.5 Å². The maximum absolute atomic E-state index is 12.0. The highest BCUT2D eigenvalue weighted by molar-refractivity contribution is 5.85. The minimum atomic E-state index is 0. The number of hydrogen-bond acceptors (Lipinski definition) is 3. The zero-order valence-electron chi connectivity index (χ0n) is 12.1. The van der Waals surface area contributed by atoms with Crippen LogP contribution in [0.4, 0.5) is 0 Å². The Hall–Kier alpha value is -0.320. The predicted octanol–water partition coefficient (Wildman–Crippen LogP) is 1.70. The van der Waals surface area contributed by atoms with E-state index in [-0.39, 0.29) is 36.9 Å². The lowest BCUT2D eigenvalue weighted by atomic mass is 9.94. The third kappa shape index (κ3) is 7.14. The molecule has 3 unspecified atom stereocenters. The molecule has 1 rings (SSSR count). The minimum Gasteiger partial charge on any atom is -0.396 e. The summed E-state index contributed by atoms with van der Waals surface area (Å²) >= 11 is 0. The van der Waals surface area contributed by atoms with Crippen LogP contribution in [0.15, 0.2) is 0 Å². The SMILES string of the molecule is CC(C)CC(CCO)CNC(=O)C1CCC(N)C1.Cl. The van der Waals surface area contributed by atoms with E-state index >= 15 is 0 Å². The van der Waals surface area contributed by atoms with E-state index in [4.69, 9.17) is 10.8 Å². The lowest BCUT2D eigenvalue weighted by Crippen LogP contribution is -2.34. The van der Waals surface area contributed by atoms with Gasteiger partial charge in [0.2, 0.25) is 5.91 Å². The molecular formula is C14H29ClN2O2. The Morgan fingerprint density at radius 1 is 1.42 bits per heavy atom. The van der Waals surface area contributed by atoms with Crippen LogP contribution < -0.4 is 11.1 Å². The molecule has 1 amide bonds. The Balaban J connectivity index is 0.00000324. The van der Waals surface area contributed by atoms with E-state index in [1.807, 2.05) is 0 Å². The third-order valence-corrected chi connectivity index (χ3v) is 3.75. The number of aliphatic hydroxyl groups excluding tert-OH is 1. The van der Waals surface area contributed by atoms with Crippen molar-refractivity contribution in [2.75, 3.05) is 13.2 Å². The normalized spacial score (nSPS) is 24.1. The third-order valence-electron chi connectivity index (χ3n) is 3.75. The van der Waals surface area contributed by atoms with Crippen LogP contribution in [0.1, 0.15) is 46.0 Å². The molecule has 0 bridgehead atoms.